The minimum Gasteiger partial charge on any atom is -0.439 e. The lowest BCUT2D eigenvalue weighted by molar-refractivity contribution is -0.385. The van der Waals surface area contributed by atoms with Crippen LogP contribution in [0.15, 0.2) is 36.5 Å². The molecule has 1 aromatic carbocycles. The third-order valence-electron chi connectivity index (χ3n) is 6.92. The van der Waals surface area contributed by atoms with Gasteiger partial charge >= 0.3 is 0 Å². The molecule has 5 rings (SSSR count). The summed E-state index contributed by atoms with van der Waals surface area (Å²) in [6, 6.07) is 9.14. The van der Waals surface area contributed by atoms with Crippen molar-refractivity contribution >= 4 is 11.5 Å². The maximum Gasteiger partial charge on any atom is 0.287 e. The Labute approximate surface area is 163 Å². The van der Waals surface area contributed by atoms with Crippen molar-refractivity contribution in [3.05, 3.63) is 57.8 Å². The van der Waals surface area contributed by atoms with Gasteiger partial charge in [0.2, 0.25) is 5.88 Å². The van der Waals surface area contributed by atoms with E-state index in [1.54, 1.807) is 0 Å². The first-order chi connectivity index (χ1) is 13.6. The molecular weight excluding hydrogens is 356 g/mol. The number of benzene rings is 1. The Kier molecular flexibility index (Phi) is 4.14. The fraction of sp³-hybridized carbons (Fsp3) is 0.455. The molecule has 0 saturated heterocycles. The Morgan fingerprint density at radius 2 is 1.79 bits per heavy atom. The Balaban J connectivity index is 1.36. The van der Waals surface area contributed by atoms with Crippen molar-refractivity contribution in [2.75, 3.05) is 0 Å². The van der Waals surface area contributed by atoms with E-state index in [4.69, 9.17) is 4.74 Å². The van der Waals surface area contributed by atoms with Crippen LogP contribution >= 0.6 is 0 Å². The number of aryl methyl sites for hydroxylation is 1. The second-order valence-electron chi connectivity index (χ2n) is 8.24. The zero-order valence-electron chi connectivity index (χ0n) is 15.5. The van der Waals surface area contributed by atoms with Gasteiger partial charge in [-0.2, -0.15) is 0 Å². The van der Waals surface area contributed by atoms with Crippen LogP contribution in [0.5, 0.6) is 11.6 Å². The molecule has 28 heavy (non-hydrogen) atoms. The highest BCUT2D eigenvalue weighted by Gasteiger charge is 2.47. The van der Waals surface area contributed by atoms with Crippen molar-refractivity contribution in [3.63, 3.8) is 0 Å². The highest BCUT2D eigenvalue weighted by Crippen LogP contribution is 2.54. The molecule has 2 aromatic rings. The zero-order chi connectivity index (χ0) is 19.3. The van der Waals surface area contributed by atoms with Gasteiger partial charge in [-0.25, -0.2) is 4.98 Å². The van der Waals surface area contributed by atoms with Gasteiger partial charge < -0.3 is 4.74 Å². The van der Waals surface area contributed by atoms with E-state index in [-0.39, 0.29) is 5.69 Å². The number of aromatic nitrogens is 1. The number of pyridine rings is 1. The Morgan fingerprint density at radius 1 is 1.00 bits per heavy atom. The number of nitrogens with zero attached hydrogens (tertiary/aromatic N) is 2. The van der Waals surface area contributed by atoms with E-state index in [2.05, 4.69) is 17.1 Å². The van der Waals surface area contributed by atoms with Gasteiger partial charge in [-0.1, -0.05) is 6.07 Å². The molecule has 2 fully saturated rings. The van der Waals surface area contributed by atoms with Crippen LogP contribution < -0.4 is 4.74 Å². The molecule has 0 amide bonds. The van der Waals surface area contributed by atoms with E-state index >= 15 is 0 Å². The van der Waals surface area contributed by atoms with Crippen molar-refractivity contribution in [2.45, 2.75) is 44.4 Å². The summed E-state index contributed by atoms with van der Waals surface area (Å²) in [5.74, 6) is 3.66. The van der Waals surface area contributed by atoms with Gasteiger partial charge in [0.15, 0.2) is 0 Å². The highest BCUT2D eigenvalue weighted by atomic mass is 16.6. The van der Waals surface area contributed by atoms with E-state index in [0.717, 1.165) is 38.5 Å². The fourth-order valence-corrected chi connectivity index (χ4v) is 5.70. The first kappa shape index (κ1) is 17.3. The minimum absolute atomic E-state index is 0.0511. The molecule has 4 unspecified atom stereocenters. The lowest BCUT2D eigenvalue weighted by atomic mass is 9.61. The average molecular weight is 378 g/mol. The van der Waals surface area contributed by atoms with Crippen LogP contribution in [0.4, 0.5) is 5.69 Å². The van der Waals surface area contributed by atoms with E-state index in [1.165, 1.54) is 29.5 Å². The average Bonchev–Trinajstić information content (AvgIpc) is 3.09. The summed E-state index contributed by atoms with van der Waals surface area (Å²) in [5, 5.41) is 10.7. The molecule has 0 bridgehead atoms. The van der Waals surface area contributed by atoms with Crippen molar-refractivity contribution in [1.29, 1.82) is 0 Å². The van der Waals surface area contributed by atoms with Gasteiger partial charge in [0.25, 0.3) is 5.69 Å². The smallest absolute Gasteiger partial charge is 0.287 e. The van der Waals surface area contributed by atoms with Gasteiger partial charge in [0.05, 0.1) is 4.92 Å². The number of hydrogen-bond acceptors (Lipinski definition) is 5. The second kappa shape index (κ2) is 6.69. The molecule has 0 radical (unpaired) electrons. The first-order valence-electron chi connectivity index (χ1n) is 10.0. The van der Waals surface area contributed by atoms with Crippen LogP contribution in [0.3, 0.4) is 0 Å². The minimum atomic E-state index is -0.473. The predicted molar refractivity (Wildman–Crippen MR) is 102 cm³/mol. The molecule has 3 aliphatic carbocycles. The van der Waals surface area contributed by atoms with E-state index in [1.807, 2.05) is 6.07 Å². The van der Waals surface area contributed by atoms with Gasteiger partial charge in [-0.05, 0) is 73.1 Å². The largest absolute Gasteiger partial charge is 0.439 e. The number of Topliss-reactive ketones (excluding diaryl/α,β-unsaturated/α-hetero) is 1. The number of ketones is 1. The number of fused-ring (bicyclic) bond motifs is 5. The fourth-order valence-electron chi connectivity index (χ4n) is 5.70. The molecule has 1 heterocycles. The molecule has 4 atom stereocenters. The summed E-state index contributed by atoms with van der Waals surface area (Å²) in [7, 11) is 0. The monoisotopic (exact) mass is 378 g/mol. The molecule has 0 aliphatic heterocycles. The molecule has 1 aromatic heterocycles. The number of carbonyl (C=O) groups excluding carboxylic acids is 1. The van der Waals surface area contributed by atoms with Crippen LogP contribution in [0, 0.1) is 27.9 Å². The van der Waals surface area contributed by atoms with E-state index in [9.17, 15) is 14.9 Å². The predicted octanol–water partition coefficient (Wildman–Crippen LogP) is 4.82. The first-order valence-corrected chi connectivity index (χ1v) is 10.0. The summed E-state index contributed by atoms with van der Waals surface area (Å²) < 4.78 is 5.82. The molecule has 6 nitrogen and oxygen atoms in total. The normalized spacial score (nSPS) is 28.2. The highest BCUT2D eigenvalue weighted by molar-refractivity contribution is 5.83. The second-order valence-corrected chi connectivity index (χ2v) is 8.24. The molecule has 2 saturated carbocycles. The van der Waals surface area contributed by atoms with Crippen LogP contribution in [-0.2, 0) is 11.2 Å². The SMILES string of the molecule is O=C1CCC2C1CCC1c3ccc(Oc4ccc([N+](=O)[O-])cn4)cc3CCC12. The summed E-state index contributed by atoms with van der Waals surface area (Å²) in [6.45, 7) is 0. The number of ether oxygens (including phenoxy) is 1. The third kappa shape index (κ3) is 2.87. The van der Waals surface area contributed by atoms with Crippen molar-refractivity contribution in [2.24, 2.45) is 17.8 Å². The molecule has 0 spiro atoms. The number of rotatable bonds is 3. The topological polar surface area (TPSA) is 82.3 Å². The standard InChI is InChI=1S/C22H22N2O4/c25-21-9-8-19-18-4-1-13-11-15(3-5-16(13)17(18)6-7-20(19)21)28-22-10-2-14(12-23-22)24(26)27/h2-3,5,10-12,17-20H,1,4,6-9H2. The molecule has 6 heteroatoms. The van der Waals surface area contributed by atoms with Crippen molar-refractivity contribution < 1.29 is 14.5 Å². The Morgan fingerprint density at radius 3 is 2.57 bits per heavy atom. The van der Waals surface area contributed by atoms with E-state index < -0.39 is 4.92 Å². The van der Waals surface area contributed by atoms with Crippen LogP contribution in [-0.4, -0.2) is 15.7 Å². The van der Waals surface area contributed by atoms with Gasteiger partial charge in [-0.3, -0.25) is 14.9 Å². The maximum absolute atomic E-state index is 12.1. The van der Waals surface area contributed by atoms with Crippen molar-refractivity contribution in [3.8, 4) is 11.6 Å². The summed E-state index contributed by atoms with van der Waals surface area (Å²) in [5.41, 5.74) is 2.69. The number of carbonyl (C=O) groups is 1. The molecule has 0 N–H and O–H groups in total. The van der Waals surface area contributed by atoms with E-state index in [0.29, 0.717) is 41.1 Å². The lowest BCUT2D eigenvalue weighted by Crippen LogP contribution is -2.35. The van der Waals surface area contributed by atoms with Crippen LogP contribution in [0.1, 0.15) is 49.1 Å². The van der Waals surface area contributed by atoms with Crippen molar-refractivity contribution in [1.82, 2.24) is 4.98 Å². The maximum atomic E-state index is 12.1. The zero-order valence-corrected chi connectivity index (χ0v) is 15.5. The third-order valence-corrected chi connectivity index (χ3v) is 6.92. The Hall–Kier alpha value is -2.76. The summed E-state index contributed by atoms with van der Waals surface area (Å²) in [6.07, 6.45) is 7.36. The van der Waals surface area contributed by atoms with Gasteiger partial charge in [0.1, 0.15) is 17.7 Å². The lowest BCUT2D eigenvalue weighted by Gasteiger charge is -2.43. The van der Waals surface area contributed by atoms with Crippen LogP contribution in [0.25, 0.3) is 0 Å². The summed E-state index contributed by atoms with van der Waals surface area (Å²) in [4.78, 5) is 26.4. The van der Waals surface area contributed by atoms with Gasteiger partial charge in [-0.15, -0.1) is 0 Å². The van der Waals surface area contributed by atoms with Gasteiger partial charge in [0, 0.05) is 24.5 Å². The number of nitro groups is 1. The van der Waals surface area contributed by atoms with Crippen LogP contribution in [0.2, 0.25) is 0 Å². The molecular formula is C22H22N2O4. The summed E-state index contributed by atoms with van der Waals surface area (Å²) >= 11 is 0. The number of hydrogen-bond donors (Lipinski definition) is 0. The molecule has 144 valence electrons. The Bertz CT molecular complexity index is 940. The quantitative estimate of drug-likeness (QED) is 0.565. The molecule has 3 aliphatic rings.